The molecule has 1 rings (SSSR count). The van der Waals surface area contributed by atoms with Gasteiger partial charge in [0.2, 0.25) is 0 Å². The van der Waals surface area contributed by atoms with Gasteiger partial charge in [0.15, 0.2) is 0 Å². The maximum atomic E-state index is 5.31. The molecular weight excluding hydrogens is 152 g/mol. The summed E-state index contributed by atoms with van der Waals surface area (Å²) in [6, 6.07) is 2.01. The van der Waals surface area contributed by atoms with Crippen molar-refractivity contribution in [3.05, 3.63) is 23.7 Å². The Hall–Kier alpha value is -0.760. The van der Waals surface area contributed by atoms with Gasteiger partial charge in [-0.25, -0.2) is 0 Å². The molecule has 0 spiro atoms. The Bertz CT molecular complexity index is 243. The summed E-state index contributed by atoms with van der Waals surface area (Å²) in [5.74, 6) is 0.935. The lowest BCUT2D eigenvalue weighted by Crippen LogP contribution is -2.12. The minimum atomic E-state index is 0.140. The Morgan fingerprint density at radius 2 is 2.08 bits per heavy atom. The van der Waals surface area contributed by atoms with E-state index in [-0.39, 0.29) is 5.41 Å². The van der Waals surface area contributed by atoms with Gasteiger partial charge < -0.3 is 9.15 Å². The van der Waals surface area contributed by atoms with Gasteiger partial charge in [0.05, 0.1) is 6.26 Å². The van der Waals surface area contributed by atoms with Crippen molar-refractivity contribution < 1.29 is 9.15 Å². The maximum Gasteiger partial charge on any atom is 0.133 e. The van der Waals surface area contributed by atoms with Gasteiger partial charge in [-0.05, 0) is 11.5 Å². The van der Waals surface area contributed by atoms with E-state index in [1.807, 2.05) is 6.07 Å². The average Bonchev–Trinajstić information content (AvgIpc) is 2.34. The first-order chi connectivity index (χ1) is 5.55. The van der Waals surface area contributed by atoms with E-state index in [4.69, 9.17) is 9.15 Å². The molecule has 1 aromatic rings. The number of furan rings is 1. The zero-order valence-electron chi connectivity index (χ0n) is 8.18. The first-order valence-corrected chi connectivity index (χ1v) is 4.11. The molecule has 0 aliphatic heterocycles. The Morgan fingerprint density at radius 3 is 2.58 bits per heavy atom. The predicted molar refractivity (Wildman–Crippen MR) is 48.1 cm³/mol. The molecule has 2 heteroatoms. The van der Waals surface area contributed by atoms with E-state index in [9.17, 15) is 0 Å². The van der Waals surface area contributed by atoms with Crippen LogP contribution in [0.5, 0.6) is 0 Å². The van der Waals surface area contributed by atoms with Crippen LogP contribution in [0.4, 0.5) is 0 Å². The quantitative estimate of drug-likeness (QED) is 0.677. The molecule has 0 aliphatic carbocycles. The summed E-state index contributed by atoms with van der Waals surface area (Å²) >= 11 is 0. The fourth-order valence-corrected chi connectivity index (χ4v) is 1.25. The summed E-state index contributed by atoms with van der Waals surface area (Å²) in [7, 11) is 1.68. The third-order valence-electron chi connectivity index (χ3n) is 1.83. The van der Waals surface area contributed by atoms with Gasteiger partial charge in [0.1, 0.15) is 12.4 Å². The number of methoxy groups -OCH3 is 1. The lowest BCUT2D eigenvalue weighted by Gasteiger charge is -2.17. The van der Waals surface area contributed by atoms with Crippen molar-refractivity contribution >= 4 is 0 Å². The SMILES string of the molecule is COCc1occc1C(C)(C)C. The first kappa shape index (κ1) is 9.33. The highest BCUT2D eigenvalue weighted by molar-refractivity contribution is 5.24. The van der Waals surface area contributed by atoms with Crippen LogP contribution >= 0.6 is 0 Å². The Kier molecular flexibility index (Phi) is 2.58. The molecule has 0 unspecified atom stereocenters. The highest BCUT2D eigenvalue weighted by Gasteiger charge is 2.19. The molecule has 0 amide bonds. The number of ether oxygens (including phenoxy) is 1. The molecule has 0 fully saturated rings. The van der Waals surface area contributed by atoms with Crippen LogP contribution in [0, 0.1) is 0 Å². The predicted octanol–water partition coefficient (Wildman–Crippen LogP) is 2.72. The van der Waals surface area contributed by atoms with E-state index < -0.39 is 0 Å². The van der Waals surface area contributed by atoms with Gasteiger partial charge in [0.25, 0.3) is 0 Å². The summed E-state index contributed by atoms with van der Waals surface area (Å²) in [5, 5.41) is 0. The highest BCUT2D eigenvalue weighted by atomic mass is 16.5. The average molecular weight is 168 g/mol. The van der Waals surface area contributed by atoms with Crippen LogP contribution < -0.4 is 0 Å². The molecule has 0 radical (unpaired) electrons. The molecule has 1 heterocycles. The minimum absolute atomic E-state index is 0.140. The molecule has 68 valence electrons. The zero-order valence-corrected chi connectivity index (χ0v) is 8.18. The van der Waals surface area contributed by atoms with Crippen LogP contribution in [0.3, 0.4) is 0 Å². The molecule has 12 heavy (non-hydrogen) atoms. The molecule has 0 atom stereocenters. The fourth-order valence-electron chi connectivity index (χ4n) is 1.25. The summed E-state index contributed by atoms with van der Waals surface area (Å²) in [6.07, 6.45) is 1.72. The third kappa shape index (κ3) is 1.89. The third-order valence-corrected chi connectivity index (χ3v) is 1.83. The van der Waals surface area contributed by atoms with E-state index in [1.54, 1.807) is 13.4 Å². The Balaban J connectivity index is 2.91. The van der Waals surface area contributed by atoms with Gasteiger partial charge in [-0.3, -0.25) is 0 Å². The molecule has 0 aromatic carbocycles. The normalized spacial score (nSPS) is 12.0. The Morgan fingerprint density at radius 1 is 1.42 bits per heavy atom. The smallest absolute Gasteiger partial charge is 0.133 e. The summed E-state index contributed by atoms with van der Waals surface area (Å²) in [5.41, 5.74) is 1.37. The van der Waals surface area contributed by atoms with E-state index in [0.717, 1.165) is 5.76 Å². The second-order valence-electron chi connectivity index (χ2n) is 3.94. The van der Waals surface area contributed by atoms with Crippen LogP contribution in [-0.2, 0) is 16.8 Å². The monoisotopic (exact) mass is 168 g/mol. The van der Waals surface area contributed by atoms with Crippen LogP contribution in [-0.4, -0.2) is 7.11 Å². The molecule has 1 aromatic heterocycles. The van der Waals surface area contributed by atoms with E-state index in [1.165, 1.54) is 5.56 Å². The highest BCUT2D eigenvalue weighted by Crippen LogP contribution is 2.26. The second kappa shape index (κ2) is 3.31. The van der Waals surface area contributed by atoms with E-state index in [2.05, 4.69) is 20.8 Å². The first-order valence-electron chi connectivity index (χ1n) is 4.11. The van der Waals surface area contributed by atoms with Crippen molar-refractivity contribution in [1.29, 1.82) is 0 Å². The number of hydrogen-bond donors (Lipinski definition) is 0. The van der Waals surface area contributed by atoms with Crippen molar-refractivity contribution in [2.24, 2.45) is 0 Å². The van der Waals surface area contributed by atoms with Crippen LogP contribution in [0.2, 0.25) is 0 Å². The molecule has 0 saturated carbocycles. The van der Waals surface area contributed by atoms with E-state index in [0.29, 0.717) is 6.61 Å². The van der Waals surface area contributed by atoms with Crippen LogP contribution in [0.15, 0.2) is 16.7 Å². The van der Waals surface area contributed by atoms with Gasteiger partial charge in [-0.1, -0.05) is 20.8 Å². The number of hydrogen-bond acceptors (Lipinski definition) is 2. The minimum Gasteiger partial charge on any atom is -0.467 e. The van der Waals surface area contributed by atoms with Crippen LogP contribution in [0.1, 0.15) is 32.1 Å². The van der Waals surface area contributed by atoms with Crippen molar-refractivity contribution in [3.63, 3.8) is 0 Å². The van der Waals surface area contributed by atoms with Gasteiger partial charge in [0, 0.05) is 12.7 Å². The molecule has 2 nitrogen and oxygen atoms in total. The van der Waals surface area contributed by atoms with Gasteiger partial charge in [-0.2, -0.15) is 0 Å². The van der Waals surface area contributed by atoms with Gasteiger partial charge >= 0.3 is 0 Å². The van der Waals surface area contributed by atoms with E-state index >= 15 is 0 Å². The topological polar surface area (TPSA) is 22.4 Å². The fraction of sp³-hybridized carbons (Fsp3) is 0.600. The lowest BCUT2D eigenvalue weighted by molar-refractivity contribution is 0.162. The van der Waals surface area contributed by atoms with Crippen LogP contribution in [0.25, 0.3) is 0 Å². The summed E-state index contributed by atoms with van der Waals surface area (Å²) in [6.45, 7) is 7.05. The number of rotatable bonds is 2. The summed E-state index contributed by atoms with van der Waals surface area (Å²) in [4.78, 5) is 0. The standard InChI is InChI=1S/C10H16O2/c1-10(2,3)8-5-6-12-9(8)7-11-4/h5-6H,7H2,1-4H3. The molecule has 0 bridgehead atoms. The van der Waals surface area contributed by atoms with Gasteiger partial charge in [-0.15, -0.1) is 0 Å². The van der Waals surface area contributed by atoms with Crippen molar-refractivity contribution in [3.8, 4) is 0 Å². The van der Waals surface area contributed by atoms with Crippen molar-refractivity contribution in [2.75, 3.05) is 7.11 Å². The molecule has 0 aliphatic rings. The Labute approximate surface area is 73.5 Å². The zero-order chi connectivity index (χ0) is 9.19. The van der Waals surface area contributed by atoms with Crippen molar-refractivity contribution in [1.82, 2.24) is 0 Å². The molecule has 0 N–H and O–H groups in total. The second-order valence-corrected chi connectivity index (χ2v) is 3.94. The largest absolute Gasteiger partial charge is 0.467 e. The molecular formula is C10H16O2. The lowest BCUT2D eigenvalue weighted by atomic mass is 9.87. The van der Waals surface area contributed by atoms with Crippen molar-refractivity contribution in [2.45, 2.75) is 32.8 Å². The summed E-state index contributed by atoms with van der Waals surface area (Å²) < 4.78 is 10.3. The maximum absolute atomic E-state index is 5.31. The molecule has 0 saturated heterocycles.